The molecule has 0 rings (SSSR count). The second kappa shape index (κ2) is 14.3. The molecule has 3 nitrogen and oxygen atoms in total. The van der Waals surface area contributed by atoms with Crippen LogP contribution in [0.2, 0.25) is 0 Å². The van der Waals surface area contributed by atoms with E-state index in [0.717, 1.165) is 0 Å². The number of carboxylic acid groups (broad SMARTS) is 1. The monoisotopic (exact) mass is 274 g/mol. The summed E-state index contributed by atoms with van der Waals surface area (Å²) >= 11 is 0. The molecule has 0 aromatic rings. The van der Waals surface area contributed by atoms with Gasteiger partial charge in [0.25, 0.3) is 0 Å². The molecule has 0 saturated heterocycles. The average Bonchev–Trinajstić information content (AvgIpc) is 2.17. The Bertz CT molecular complexity index is 173. The van der Waals surface area contributed by atoms with Crippen LogP contribution in [0.1, 0.15) is 59.8 Å². The van der Waals surface area contributed by atoms with Crippen LogP contribution >= 0.6 is 0 Å². The lowest BCUT2D eigenvalue weighted by Gasteiger charge is -1.93. The minimum atomic E-state index is -5.08. The molecule has 0 heterocycles. The molecular weight excluding hydrogens is 249 g/mol. The first-order valence-corrected chi connectivity index (χ1v) is 6.07. The van der Waals surface area contributed by atoms with Crippen molar-refractivity contribution in [1.29, 1.82) is 0 Å². The fraction of sp³-hybridized carbons (Fsp3) is 0.917. The fourth-order valence-electron chi connectivity index (χ4n) is 0.677. The largest absolute Gasteiger partial charge is 0.490 e. The third kappa shape index (κ3) is 36.2. The molecular formula is C12H25F3O3. The number of unbranched alkanes of at least 4 members (excludes halogenated alkanes) is 4. The zero-order chi connectivity index (χ0) is 15.2. The summed E-state index contributed by atoms with van der Waals surface area (Å²) in [6, 6.07) is 0. The van der Waals surface area contributed by atoms with E-state index in [1.165, 1.54) is 32.1 Å². The molecule has 0 aliphatic carbocycles. The lowest BCUT2D eigenvalue weighted by Crippen LogP contribution is -2.21. The quantitative estimate of drug-likeness (QED) is 0.762. The summed E-state index contributed by atoms with van der Waals surface area (Å²) in [5.74, 6) is -2.76. The molecule has 0 spiro atoms. The Morgan fingerprint density at radius 3 is 1.39 bits per heavy atom. The molecule has 0 aromatic carbocycles. The third-order valence-corrected chi connectivity index (χ3v) is 1.45. The van der Waals surface area contributed by atoms with Crippen molar-refractivity contribution >= 4 is 5.97 Å². The summed E-state index contributed by atoms with van der Waals surface area (Å²) in [5.41, 5.74) is 0. The van der Waals surface area contributed by atoms with E-state index in [9.17, 15) is 13.2 Å². The van der Waals surface area contributed by atoms with E-state index in [-0.39, 0.29) is 6.10 Å². The predicted octanol–water partition coefficient (Wildman–Crippen LogP) is 4.00. The Morgan fingerprint density at radius 1 is 1.06 bits per heavy atom. The normalized spacial score (nSPS) is 10.1. The summed E-state index contributed by atoms with van der Waals surface area (Å²) in [4.78, 5) is 8.90. The molecule has 0 radical (unpaired) electrons. The maximum absolute atomic E-state index is 10.6. The molecule has 0 amide bonds. The zero-order valence-electron chi connectivity index (χ0n) is 11.5. The number of alkyl halides is 3. The molecule has 0 aromatic heterocycles. The van der Waals surface area contributed by atoms with Crippen LogP contribution < -0.4 is 0 Å². The van der Waals surface area contributed by atoms with Crippen LogP contribution in [0.4, 0.5) is 13.2 Å². The third-order valence-electron chi connectivity index (χ3n) is 1.45. The highest BCUT2D eigenvalue weighted by atomic mass is 19.4. The van der Waals surface area contributed by atoms with Crippen molar-refractivity contribution in [2.75, 3.05) is 0 Å². The van der Waals surface area contributed by atoms with Crippen molar-refractivity contribution in [2.24, 2.45) is 0 Å². The van der Waals surface area contributed by atoms with Crippen LogP contribution in [0.25, 0.3) is 0 Å². The van der Waals surface area contributed by atoms with E-state index < -0.39 is 12.1 Å². The van der Waals surface area contributed by atoms with E-state index in [4.69, 9.17) is 15.0 Å². The predicted molar refractivity (Wildman–Crippen MR) is 65.5 cm³/mol. The summed E-state index contributed by atoms with van der Waals surface area (Å²) in [5, 5.41) is 15.2. The maximum Gasteiger partial charge on any atom is 0.490 e. The number of hydrogen-bond acceptors (Lipinski definition) is 2. The van der Waals surface area contributed by atoms with Crippen LogP contribution in [0.3, 0.4) is 0 Å². The van der Waals surface area contributed by atoms with Crippen LogP contribution in [0, 0.1) is 0 Å². The number of carbonyl (C=O) groups is 1. The Morgan fingerprint density at radius 2 is 1.28 bits per heavy atom. The first kappa shape index (κ1) is 22.4. The Labute approximate surface area is 107 Å². The number of hydrogen-bond donors (Lipinski definition) is 2. The van der Waals surface area contributed by atoms with E-state index >= 15 is 0 Å². The fourth-order valence-corrected chi connectivity index (χ4v) is 0.677. The van der Waals surface area contributed by atoms with Gasteiger partial charge in [-0.3, -0.25) is 0 Å². The van der Waals surface area contributed by atoms with Gasteiger partial charge in [0.05, 0.1) is 0 Å². The Kier molecular flexibility index (Phi) is 17.8. The van der Waals surface area contributed by atoms with Gasteiger partial charge < -0.3 is 10.2 Å². The van der Waals surface area contributed by atoms with Crippen molar-refractivity contribution in [1.82, 2.24) is 0 Å². The number of rotatable bonds is 4. The van der Waals surface area contributed by atoms with Gasteiger partial charge in [-0.05, 0) is 13.8 Å². The maximum atomic E-state index is 10.6. The van der Waals surface area contributed by atoms with Crippen LogP contribution in [-0.4, -0.2) is 28.5 Å². The molecule has 0 aliphatic rings. The van der Waals surface area contributed by atoms with Gasteiger partial charge in [0.1, 0.15) is 0 Å². The first-order valence-electron chi connectivity index (χ1n) is 6.07. The number of aliphatic hydroxyl groups excluding tert-OH is 1. The molecule has 0 atom stereocenters. The lowest BCUT2D eigenvalue weighted by molar-refractivity contribution is -0.192. The van der Waals surface area contributed by atoms with E-state index in [0.29, 0.717) is 0 Å². The molecule has 0 saturated carbocycles. The number of aliphatic carboxylic acids is 1. The summed E-state index contributed by atoms with van der Waals surface area (Å²) in [6.45, 7) is 7.94. The molecule has 0 bridgehead atoms. The van der Waals surface area contributed by atoms with Gasteiger partial charge in [0, 0.05) is 6.10 Å². The van der Waals surface area contributed by atoms with Crippen molar-refractivity contribution in [3.63, 3.8) is 0 Å². The second-order valence-electron chi connectivity index (χ2n) is 3.96. The molecule has 112 valence electrons. The van der Waals surface area contributed by atoms with Gasteiger partial charge in [-0.25, -0.2) is 4.79 Å². The zero-order valence-corrected chi connectivity index (χ0v) is 11.5. The van der Waals surface area contributed by atoms with Gasteiger partial charge >= 0.3 is 12.1 Å². The SMILES string of the molecule is CC(C)O.CCCCCCC.O=C(O)C(F)(F)F. The lowest BCUT2D eigenvalue weighted by atomic mass is 10.2. The van der Waals surface area contributed by atoms with Gasteiger partial charge in [-0.15, -0.1) is 0 Å². The minimum Gasteiger partial charge on any atom is -0.475 e. The standard InChI is InChI=1S/C7H16.C3H8O.C2HF3O2/c1-3-5-7-6-4-2;1-3(2)4;3-2(4,5)1(6)7/h3-7H2,1-2H3;3-4H,1-2H3;(H,6,7). The first-order chi connectivity index (χ1) is 8.09. The Balaban J connectivity index is -0.000000196. The molecule has 2 N–H and O–H groups in total. The van der Waals surface area contributed by atoms with Gasteiger partial charge in [0.2, 0.25) is 0 Å². The summed E-state index contributed by atoms with van der Waals surface area (Å²) in [6.07, 6.45) is 1.76. The number of carboxylic acids is 1. The number of aliphatic hydroxyl groups is 1. The van der Waals surface area contributed by atoms with Crippen LogP contribution in [0.15, 0.2) is 0 Å². The van der Waals surface area contributed by atoms with Crippen molar-refractivity contribution in [2.45, 2.75) is 72.1 Å². The molecule has 6 heteroatoms. The van der Waals surface area contributed by atoms with Gasteiger partial charge in [-0.2, -0.15) is 13.2 Å². The highest BCUT2D eigenvalue weighted by Crippen LogP contribution is 2.13. The summed E-state index contributed by atoms with van der Waals surface area (Å²) < 4.78 is 31.7. The van der Waals surface area contributed by atoms with E-state index in [2.05, 4.69) is 13.8 Å². The second-order valence-corrected chi connectivity index (χ2v) is 3.96. The van der Waals surface area contributed by atoms with Crippen molar-refractivity contribution in [3.05, 3.63) is 0 Å². The van der Waals surface area contributed by atoms with Crippen LogP contribution in [0.5, 0.6) is 0 Å². The Hall–Kier alpha value is -0.780. The molecule has 0 aliphatic heterocycles. The van der Waals surface area contributed by atoms with E-state index in [1.54, 1.807) is 13.8 Å². The summed E-state index contributed by atoms with van der Waals surface area (Å²) in [7, 11) is 0. The van der Waals surface area contributed by atoms with Crippen LogP contribution in [-0.2, 0) is 4.79 Å². The molecule has 0 unspecified atom stereocenters. The van der Waals surface area contributed by atoms with Gasteiger partial charge in [0.15, 0.2) is 0 Å². The smallest absolute Gasteiger partial charge is 0.475 e. The topological polar surface area (TPSA) is 57.5 Å². The van der Waals surface area contributed by atoms with Gasteiger partial charge in [-0.1, -0.05) is 46.0 Å². The average molecular weight is 274 g/mol. The molecule has 0 fully saturated rings. The highest BCUT2D eigenvalue weighted by Gasteiger charge is 2.38. The van der Waals surface area contributed by atoms with E-state index in [1.807, 2.05) is 0 Å². The minimum absolute atomic E-state index is 0.167. The van der Waals surface area contributed by atoms with Crippen molar-refractivity contribution in [3.8, 4) is 0 Å². The molecule has 18 heavy (non-hydrogen) atoms. The van der Waals surface area contributed by atoms with Crippen molar-refractivity contribution < 1.29 is 28.2 Å². The highest BCUT2D eigenvalue weighted by molar-refractivity contribution is 5.73. The number of halogens is 3.